The summed E-state index contributed by atoms with van der Waals surface area (Å²) >= 11 is 0. The standard InChI is InChI=1S/C21H21N3O5/c1-3-28-19-11-14(10-15(12-22)21(23)26)8-9-18(19)29-13-20(25)24-16-6-4-5-7-17(16)27-2/h4-11H,3,13H2,1-2H3,(H2,23,26)(H,24,25). The smallest absolute Gasteiger partial charge is 0.262 e. The van der Waals surface area contributed by atoms with Crippen molar-refractivity contribution in [2.75, 3.05) is 25.6 Å². The minimum atomic E-state index is -0.821. The Bertz CT molecular complexity index is 963. The molecule has 8 nitrogen and oxygen atoms in total. The maximum Gasteiger partial charge on any atom is 0.262 e. The average Bonchev–Trinajstić information content (AvgIpc) is 2.71. The number of rotatable bonds is 9. The lowest BCUT2D eigenvalue weighted by Gasteiger charge is -2.13. The van der Waals surface area contributed by atoms with Crippen LogP contribution in [0.3, 0.4) is 0 Å². The molecular weight excluding hydrogens is 374 g/mol. The molecule has 0 heterocycles. The van der Waals surface area contributed by atoms with Crippen LogP contribution in [0.4, 0.5) is 5.69 Å². The summed E-state index contributed by atoms with van der Waals surface area (Å²) in [4.78, 5) is 23.4. The fraction of sp³-hybridized carbons (Fsp3) is 0.190. The number of primary amides is 1. The van der Waals surface area contributed by atoms with E-state index in [2.05, 4.69) is 5.32 Å². The van der Waals surface area contributed by atoms with E-state index in [1.54, 1.807) is 55.5 Å². The van der Waals surface area contributed by atoms with E-state index in [-0.39, 0.29) is 18.1 Å². The van der Waals surface area contributed by atoms with E-state index in [9.17, 15) is 9.59 Å². The Hall–Kier alpha value is -3.99. The predicted octanol–water partition coefficient (Wildman–Crippen LogP) is 2.50. The molecule has 150 valence electrons. The first-order valence-electron chi connectivity index (χ1n) is 8.72. The molecule has 0 spiro atoms. The van der Waals surface area contributed by atoms with Crippen LogP contribution in [0.15, 0.2) is 48.0 Å². The van der Waals surface area contributed by atoms with E-state index in [1.807, 2.05) is 0 Å². The quantitative estimate of drug-likeness (QED) is 0.497. The van der Waals surface area contributed by atoms with Crippen molar-refractivity contribution < 1.29 is 23.8 Å². The first-order valence-corrected chi connectivity index (χ1v) is 8.72. The minimum absolute atomic E-state index is 0.183. The van der Waals surface area contributed by atoms with Crippen LogP contribution in [0.2, 0.25) is 0 Å². The lowest BCUT2D eigenvalue weighted by atomic mass is 10.1. The lowest BCUT2D eigenvalue weighted by Crippen LogP contribution is -2.20. The summed E-state index contributed by atoms with van der Waals surface area (Å²) in [6.07, 6.45) is 1.35. The van der Waals surface area contributed by atoms with Gasteiger partial charge in [0.15, 0.2) is 18.1 Å². The number of nitrogens with one attached hydrogen (secondary N) is 1. The maximum atomic E-state index is 12.2. The Morgan fingerprint density at radius 1 is 1.14 bits per heavy atom. The molecule has 3 N–H and O–H groups in total. The molecule has 8 heteroatoms. The van der Waals surface area contributed by atoms with Gasteiger partial charge in [0, 0.05) is 0 Å². The highest BCUT2D eigenvalue weighted by Crippen LogP contribution is 2.29. The van der Waals surface area contributed by atoms with Crippen LogP contribution in [0.25, 0.3) is 6.08 Å². The second-order valence-corrected chi connectivity index (χ2v) is 5.71. The summed E-state index contributed by atoms with van der Waals surface area (Å²) in [7, 11) is 1.52. The number of methoxy groups -OCH3 is 1. The van der Waals surface area contributed by atoms with Gasteiger partial charge in [-0.05, 0) is 42.8 Å². The zero-order valence-corrected chi connectivity index (χ0v) is 16.1. The van der Waals surface area contributed by atoms with Crippen LogP contribution < -0.4 is 25.3 Å². The molecule has 2 aromatic rings. The molecule has 2 rings (SSSR count). The van der Waals surface area contributed by atoms with Crippen molar-refractivity contribution >= 4 is 23.6 Å². The molecule has 2 aromatic carbocycles. The van der Waals surface area contributed by atoms with Gasteiger partial charge < -0.3 is 25.3 Å². The molecule has 0 unspecified atom stereocenters. The molecule has 0 saturated carbocycles. The molecule has 29 heavy (non-hydrogen) atoms. The predicted molar refractivity (Wildman–Crippen MR) is 108 cm³/mol. The van der Waals surface area contributed by atoms with Crippen molar-refractivity contribution in [1.82, 2.24) is 0 Å². The Balaban J connectivity index is 2.12. The van der Waals surface area contributed by atoms with Crippen LogP contribution in [-0.2, 0) is 9.59 Å². The van der Waals surface area contributed by atoms with Gasteiger partial charge in [0.1, 0.15) is 17.4 Å². The number of hydrogen-bond donors (Lipinski definition) is 2. The van der Waals surface area contributed by atoms with E-state index in [0.717, 1.165) is 0 Å². The number of para-hydroxylation sites is 2. The number of carbonyl (C=O) groups is 2. The zero-order chi connectivity index (χ0) is 21.2. The zero-order valence-electron chi connectivity index (χ0n) is 16.1. The van der Waals surface area contributed by atoms with Crippen LogP contribution in [0.5, 0.6) is 17.2 Å². The van der Waals surface area contributed by atoms with Crippen LogP contribution in [-0.4, -0.2) is 32.1 Å². The third-order valence-corrected chi connectivity index (χ3v) is 3.70. The van der Waals surface area contributed by atoms with Gasteiger partial charge in [-0.25, -0.2) is 0 Å². The molecule has 0 aliphatic rings. The van der Waals surface area contributed by atoms with Gasteiger partial charge in [-0.2, -0.15) is 5.26 Å². The third kappa shape index (κ3) is 6.01. The maximum absolute atomic E-state index is 12.2. The Morgan fingerprint density at radius 2 is 1.90 bits per heavy atom. The average molecular weight is 395 g/mol. The van der Waals surface area contributed by atoms with Crippen LogP contribution in [0, 0.1) is 11.3 Å². The van der Waals surface area contributed by atoms with E-state index in [4.69, 9.17) is 25.2 Å². The largest absolute Gasteiger partial charge is 0.495 e. The summed E-state index contributed by atoms with van der Waals surface area (Å²) < 4.78 is 16.3. The van der Waals surface area contributed by atoms with Gasteiger partial charge in [0.25, 0.3) is 11.8 Å². The highest BCUT2D eigenvalue weighted by Gasteiger charge is 2.12. The van der Waals surface area contributed by atoms with Crippen molar-refractivity contribution in [3.8, 4) is 23.3 Å². The van der Waals surface area contributed by atoms with Crippen molar-refractivity contribution in [2.24, 2.45) is 5.73 Å². The van der Waals surface area contributed by atoms with Crippen molar-refractivity contribution in [3.63, 3.8) is 0 Å². The molecule has 0 saturated heterocycles. The number of nitrogens with two attached hydrogens (primary N) is 1. The number of carbonyl (C=O) groups excluding carboxylic acids is 2. The second-order valence-electron chi connectivity index (χ2n) is 5.71. The summed E-state index contributed by atoms with van der Waals surface area (Å²) in [5.41, 5.74) is 6.03. The topological polar surface area (TPSA) is 124 Å². The Morgan fingerprint density at radius 3 is 2.55 bits per heavy atom. The molecule has 0 aromatic heterocycles. The fourth-order valence-electron chi connectivity index (χ4n) is 2.40. The number of hydrogen-bond acceptors (Lipinski definition) is 6. The van der Waals surface area contributed by atoms with Crippen molar-refractivity contribution in [2.45, 2.75) is 6.92 Å². The fourth-order valence-corrected chi connectivity index (χ4v) is 2.40. The summed E-state index contributed by atoms with van der Waals surface area (Å²) in [5, 5.41) is 11.7. The van der Waals surface area contributed by atoms with E-state index < -0.39 is 5.91 Å². The highest BCUT2D eigenvalue weighted by molar-refractivity contribution is 6.00. The summed E-state index contributed by atoms with van der Waals surface area (Å²) in [5.74, 6) is 0.0554. The monoisotopic (exact) mass is 395 g/mol. The number of nitriles is 1. The SMILES string of the molecule is CCOc1cc(C=C(C#N)C(N)=O)ccc1OCC(=O)Nc1ccccc1OC. The van der Waals surface area contributed by atoms with Gasteiger partial charge in [-0.3, -0.25) is 9.59 Å². The Kier molecular flexibility index (Phi) is 7.62. The molecule has 0 fully saturated rings. The molecular formula is C21H21N3O5. The van der Waals surface area contributed by atoms with Gasteiger partial charge in [0.05, 0.1) is 19.4 Å². The molecule has 2 amide bonds. The molecule has 0 radical (unpaired) electrons. The molecule has 0 atom stereocenters. The summed E-state index contributed by atoms with van der Waals surface area (Å²) in [6, 6.07) is 13.6. The van der Waals surface area contributed by atoms with Gasteiger partial charge in [-0.1, -0.05) is 18.2 Å². The number of nitrogens with zero attached hydrogens (tertiary/aromatic N) is 1. The molecule has 0 aliphatic heterocycles. The lowest BCUT2D eigenvalue weighted by molar-refractivity contribution is -0.118. The van der Waals surface area contributed by atoms with Gasteiger partial charge >= 0.3 is 0 Å². The van der Waals surface area contributed by atoms with Crippen molar-refractivity contribution in [3.05, 3.63) is 53.6 Å². The number of amides is 2. The second kappa shape index (κ2) is 10.4. The van der Waals surface area contributed by atoms with Gasteiger partial charge in [0.2, 0.25) is 0 Å². The van der Waals surface area contributed by atoms with E-state index in [0.29, 0.717) is 35.1 Å². The first-order chi connectivity index (χ1) is 14.0. The summed E-state index contributed by atoms with van der Waals surface area (Å²) in [6.45, 7) is 1.90. The Labute approximate surface area is 168 Å². The minimum Gasteiger partial charge on any atom is -0.495 e. The molecule has 0 aliphatic carbocycles. The number of benzene rings is 2. The van der Waals surface area contributed by atoms with E-state index in [1.165, 1.54) is 13.2 Å². The van der Waals surface area contributed by atoms with Crippen LogP contribution in [0.1, 0.15) is 12.5 Å². The normalized spacial score (nSPS) is 10.6. The molecule has 0 bridgehead atoms. The van der Waals surface area contributed by atoms with Crippen LogP contribution >= 0.6 is 0 Å². The highest BCUT2D eigenvalue weighted by atomic mass is 16.5. The first kappa shape index (κ1) is 21.3. The number of ether oxygens (including phenoxy) is 3. The third-order valence-electron chi connectivity index (χ3n) is 3.70. The van der Waals surface area contributed by atoms with E-state index >= 15 is 0 Å². The van der Waals surface area contributed by atoms with Gasteiger partial charge in [-0.15, -0.1) is 0 Å². The van der Waals surface area contributed by atoms with Crippen molar-refractivity contribution in [1.29, 1.82) is 5.26 Å². The number of anilines is 1.